The summed E-state index contributed by atoms with van der Waals surface area (Å²) in [4.78, 5) is 26.6. The zero-order valence-corrected chi connectivity index (χ0v) is 38.2. The highest BCUT2D eigenvalue weighted by Gasteiger charge is 2.31. The first kappa shape index (κ1) is 53.7. The lowest BCUT2D eigenvalue weighted by Gasteiger charge is -2.11. The molecule has 1 unspecified atom stereocenters. The Morgan fingerprint density at radius 1 is 0.418 bits per heavy atom. The van der Waals surface area contributed by atoms with E-state index in [9.17, 15) is 14.0 Å². The standard InChI is InChI=1S/C46H84O7P2/c1-8-9-10-11-12-13-14-15-16-17-18-19-20-21-22-28-41(2)29-23-30-42(3)31-24-32-43(4)33-25-34-44(5)35-26-36-45(6)37-27-38-46(7)39-40-52-55(50,51)53-54(47,48)49/h29,31,33,35,37,39H,8-28,30,32,34,36,38,40H2,1-7H3,(H,50,51)(H2,47,48,49)/b41-29+,42-31+,43-33+,44-35+,45-37+,46-39+. The molecular weight excluding hydrogens is 726 g/mol. The van der Waals surface area contributed by atoms with Gasteiger partial charge in [0.25, 0.3) is 0 Å². The highest BCUT2D eigenvalue weighted by molar-refractivity contribution is 7.60. The number of unbranched alkanes of at least 4 members (excludes halogenated alkanes) is 14. The van der Waals surface area contributed by atoms with E-state index in [-0.39, 0.29) is 6.61 Å². The molecular formula is C46H84O7P2. The molecule has 0 bridgehead atoms. The number of phosphoric ester groups is 1. The van der Waals surface area contributed by atoms with Crippen molar-refractivity contribution >= 4 is 15.6 Å². The van der Waals surface area contributed by atoms with Crippen LogP contribution < -0.4 is 0 Å². The molecule has 0 saturated carbocycles. The Bertz CT molecular complexity index is 1270. The molecule has 0 aromatic rings. The molecule has 7 nitrogen and oxygen atoms in total. The fourth-order valence-corrected chi connectivity index (χ4v) is 8.08. The molecule has 0 aliphatic heterocycles. The number of hydrogen-bond donors (Lipinski definition) is 3. The van der Waals surface area contributed by atoms with E-state index in [2.05, 4.69) is 80.8 Å². The third-order valence-corrected chi connectivity index (χ3v) is 12.4. The van der Waals surface area contributed by atoms with Crippen molar-refractivity contribution in [1.29, 1.82) is 0 Å². The van der Waals surface area contributed by atoms with Crippen molar-refractivity contribution in [1.82, 2.24) is 0 Å². The van der Waals surface area contributed by atoms with E-state index in [1.807, 2.05) is 6.92 Å². The molecule has 0 saturated heterocycles. The smallest absolute Gasteiger partial charge is 0.302 e. The molecule has 0 aliphatic carbocycles. The van der Waals surface area contributed by atoms with E-state index in [0.29, 0.717) is 0 Å². The number of hydrogen-bond acceptors (Lipinski definition) is 4. The van der Waals surface area contributed by atoms with Crippen molar-refractivity contribution in [3.05, 3.63) is 69.9 Å². The number of allylic oxidation sites excluding steroid dienone is 11. The summed E-state index contributed by atoms with van der Waals surface area (Å²) in [7, 11) is -9.90. The minimum absolute atomic E-state index is 0.269. The Hall–Kier alpha value is -1.30. The summed E-state index contributed by atoms with van der Waals surface area (Å²) in [6, 6.07) is 0. The van der Waals surface area contributed by atoms with Gasteiger partial charge in [-0.2, -0.15) is 4.31 Å². The lowest BCUT2D eigenvalue weighted by atomic mass is 10.0. The Kier molecular flexibility index (Phi) is 33.9. The Morgan fingerprint density at radius 2 is 0.691 bits per heavy atom. The fraction of sp³-hybridized carbons (Fsp3) is 0.739. The second-order valence-corrected chi connectivity index (χ2v) is 18.9. The maximum Gasteiger partial charge on any atom is 0.481 e. The van der Waals surface area contributed by atoms with Gasteiger partial charge in [-0.3, -0.25) is 4.52 Å². The van der Waals surface area contributed by atoms with Gasteiger partial charge in [-0.1, -0.05) is 167 Å². The van der Waals surface area contributed by atoms with Crippen molar-refractivity contribution < 1.29 is 32.6 Å². The molecule has 0 aliphatic rings. The molecule has 0 rings (SSSR count). The minimum atomic E-state index is -5.10. The quantitative estimate of drug-likeness (QED) is 0.0328. The molecule has 9 heteroatoms. The van der Waals surface area contributed by atoms with E-state index in [4.69, 9.17) is 9.79 Å². The van der Waals surface area contributed by atoms with Gasteiger partial charge < -0.3 is 14.7 Å². The molecule has 0 aromatic carbocycles. The summed E-state index contributed by atoms with van der Waals surface area (Å²) >= 11 is 0. The van der Waals surface area contributed by atoms with E-state index < -0.39 is 15.6 Å². The van der Waals surface area contributed by atoms with Gasteiger partial charge >= 0.3 is 15.6 Å². The Morgan fingerprint density at radius 3 is 1.00 bits per heavy atom. The molecule has 1 atom stereocenters. The molecule has 320 valence electrons. The Balaban J connectivity index is 4.01. The van der Waals surface area contributed by atoms with Crippen molar-refractivity contribution in [3.63, 3.8) is 0 Å². The fourth-order valence-electron chi connectivity index (χ4n) is 6.55. The van der Waals surface area contributed by atoms with Crippen molar-refractivity contribution in [2.45, 2.75) is 215 Å². The molecule has 0 aromatic heterocycles. The van der Waals surface area contributed by atoms with Gasteiger partial charge in [-0.05, 0) is 119 Å². The molecule has 0 spiro atoms. The normalized spacial score (nSPS) is 15.2. The van der Waals surface area contributed by atoms with Crippen molar-refractivity contribution in [2.24, 2.45) is 0 Å². The van der Waals surface area contributed by atoms with Crippen LogP contribution in [0.25, 0.3) is 0 Å². The van der Waals surface area contributed by atoms with Crippen LogP contribution in [-0.2, 0) is 18.0 Å². The predicted octanol–water partition coefficient (Wildman–Crippen LogP) is 16.1. The second kappa shape index (κ2) is 34.7. The maximum absolute atomic E-state index is 11.5. The topological polar surface area (TPSA) is 113 Å². The van der Waals surface area contributed by atoms with Gasteiger partial charge in [-0.15, -0.1) is 0 Å². The van der Waals surface area contributed by atoms with Crippen LogP contribution in [-0.4, -0.2) is 21.3 Å². The van der Waals surface area contributed by atoms with Crippen LogP contribution in [0.3, 0.4) is 0 Å². The number of phosphoric acid groups is 2. The van der Waals surface area contributed by atoms with E-state index in [0.717, 1.165) is 63.4 Å². The van der Waals surface area contributed by atoms with Crippen LogP contribution >= 0.6 is 15.6 Å². The van der Waals surface area contributed by atoms with Crippen molar-refractivity contribution in [2.75, 3.05) is 6.61 Å². The van der Waals surface area contributed by atoms with Gasteiger partial charge in [0.1, 0.15) is 0 Å². The number of rotatable bonds is 36. The molecule has 0 fully saturated rings. The SMILES string of the molecule is CCCCCCCCCCCCCCCCC/C(C)=C/CC/C(C)=C/CC/C(C)=C/CC/C(C)=C/CC/C(C)=C/CC/C(C)=C/COP(=O)(O)OP(=O)(O)O. The lowest BCUT2D eigenvalue weighted by Crippen LogP contribution is -1.94. The maximum atomic E-state index is 11.5. The van der Waals surface area contributed by atoms with E-state index in [1.165, 1.54) is 131 Å². The monoisotopic (exact) mass is 811 g/mol. The zero-order valence-electron chi connectivity index (χ0n) is 36.4. The summed E-state index contributed by atoms with van der Waals surface area (Å²) in [5.74, 6) is 0. The molecule has 3 N–H and O–H groups in total. The third kappa shape index (κ3) is 39.3. The van der Waals surface area contributed by atoms with Crippen LogP contribution in [0.2, 0.25) is 0 Å². The van der Waals surface area contributed by atoms with Crippen molar-refractivity contribution in [3.8, 4) is 0 Å². The third-order valence-electron chi connectivity index (χ3n) is 10.2. The summed E-state index contributed by atoms with van der Waals surface area (Å²) in [5, 5.41) is 0. The average molecular weight is 811 g/mol. The highest BCUT2D eigenvalue weighted by Crippen LogP contribution is 2.57. The van der Waals surface area contributed by atoms with Gasteiger partial charge in [-0.25, -0.2) is 9.13 Å². The van der Waals surface area contributed by atoms with Crippen LogP contribution in [0.5, 0.6) is 0 Å². The van der Waals surface area contributed by atoms with Crippen LogP contribution in [0.4, 0.5) is 0 Å². The van der Waals surface area contributed by atoms with Crippen LogP contribution in [0.15, 0.2) is 69.9 Å². The van der Waals surface area contributed by atoms with Gasteiger partial charge in [0, 0.05) is 0 Å². The summed E-state index contributed by atoms with van der Waals surface area (Å²) in [6.07, 6.45) is 46.5. The minimum Gasteiger partial charge on any atom is -0.302 e. The highest BCUT2D eigenvalue weighted by atomic mass is 31.3. The Labute approximate surface area is 339 Å². The first-order chi connectivity index (χ1) is 26.1. The average Bonchev–Trinajstić information content (AvgIpc) is 3.08. The van der Waals surface area contributed by atoms with E-state index in [1.54, 1.807) is 11.6 Å². The van der Waals surface area contributed by atoms with Crippen LogP contribution in [0, 0.1) is 0 Å². The first-order valence-electron chi connectivity index (χ1n) is 21.8. The molecule has 55 heavy (non-hydrogen) atoms. The predicted molar refractivity (Wildman–Crippen MR) is 237 cm³/mol. The van der Waals surface area contributed by atoms with Gasteiger partial charge in [0.2, 0.25) is 0 Å². The van der Waals surface area contributed by atoms with Gasteiger partial charge in [0.05, 0.1) is 6.61 Å². The second-order valence-electron chi connectivity index (χ2n) is 16.0. The zero-order chi connectivity index (χ0) is 41.2. The lowest BCUT2D eigenvalue weighted by molar-refractivity contribution is 0.191. The molecule has 0 radical (unpaired) electrons. The summed E-state index contributed by atoms with van der Waals surface area (Å²) < 4.78 is 30.6. The molecule has 0 amide bonds. The first-order valence-corrected chi connectivity index (χ1v) is 24.8. The summed E-state index contributed by atoms with van der Waals surface area (Å²) in [5.41, 5.74) is 8.26. The summed E-state index contributed by atoms with van der Waals surface area (Å²) in [6.45, 7) is 15.1. The van der Waals surface area contributed by atoms with Crippen LogP contribution in [0.1, 0.15) is 215 Å². The largest absolute Gasteiger partial charge is 0.481 e. The van der Waals surface area contributed by atoms with E-state index >= 15 is 0 Å². The molecule has 0 heterocycles. The van der Waals surface area contributed by atoms with Gasteiger partial charge in [0.15, 0.2) is 0 Å².